The Balaban J connectivity index is 1.69. The van der Waals surface area contributed by atoms with E-state index >= 15 is 0 Å². The van der Waals surface area contributed by atoms with Gasteiger partial charge in [0, 0.05) is 17.6 Å². The van der Waals surface area contributed by atoms with Gasteiger partial charge in [-0.3, -0.25) is 9.69 Å². The topological polar surface area (TPSA) is 105 Å². The second-order valence-corrected chi connectivity index (χ2v) is 9.67. The van der Waals surface area contributed by atoms with Gasteiger partial charge in [0.2, 0.25) is 0 Å². The Morgan fingerprint density at radius 2 is 1.89 bits per heavy atom. The number of carbonyl (C=O) groups is 2. The van der Waals surface area contributed by atoms with Crippen molar-refractivity contribution in [3.63, 3.8) is 0 Å². The molecule has 35 heavy (non-hydrogen) atoms. The number of aromatic nitrogens is 2. The molecule has 8 heteroatoms. The number of rotatable bonds is 4. The molecule has 3 aromatic rings. The third kappa shape index (κ3) is 4.05. The van der Waals surface area contributed by atoms with Crippen molar-refractivity contribution in [3.05, 3.63) is 59.4 Å². The smallest absolute Gasteiger partial charge is 0.414 e. The van der Waals surface area contributed by atoms with Gasteiger partial charge in [0.15, 0.2) is 0 Å². The monoisotopic (exact) mass is 477 g/mol. The van der Waals surface area contributed by atoms with E-state index in [1.807, 2.05) is 49.4 Å². The van der Waals surface area contributed by atoms with Crippen LogP contribution in [-0.4, -0.2) is 45.0 Å². The average molecular weight is 478 g/mol. The molecule has 4 atom stereocenters. The van der Waals surface area contributed by atoms with Gasteiger partial charge >= 0.3 is 12.1 Å². The fourth-order valence-electron chi connectivity index (χ4n) is 5.78. The lowest BCUT2D eigenvalue weighted by Gasteiger charge is -2.34. The molecule has 2 aromatic carbocycles. The van der Waals surface area contributed by atoms with Crippen molar-refractivity contribution in [2.24, 2.45) is 5.92 Å². The number of aliphatic hydroxyl groups is 1. The summed E-state index contributed by atoms with van der Waals surface area (Å²) >= 11 is 0. The molecule has 0 bridgehead atoms. The van der Waals surface area contributed by atoms with Gasteiger partial charge < -0.3 is 19.5 Å². The molecule has 0 spiro atoms. The number of amides is 1. The van der Waals surface area contributed by atoms with Crippen LogP contribution in [0.3, 0.4) is 0 Å². The molecule has 0 saturated heterocycles. The minimum absolute atomic E-state index is 0.00136. The second kappa shape index (κ2) is 9.34. The molecule has 2 heterocycles. The van der Waals surface area contributed by atoms with E-state index in [-0.39, 0.29) is 12.1 Å². The molecule has 1 aromatic heterocycles. The van der Waals surface area contributed by atoms with Gasteiger partial charge in [-0.1, -0.05) is 36.8 Å². The molecule has 1 amide bonds. The van der Waals surface area contributed by atoms with Crippen LogP contribution >= 0.6 is 0 Å². The Labute approximate surface area is 204 Å². The Morgan fingerprint density at radius 1 is 1.11 bits per heavy atom. The zero-order valence-corrected chi connectivity index (χ0v) is 20.1. The first-order valence-corrected chi connectivity index (χ1v) is 12.3. The highest BCUT2D eigenvalue weighted by molar-refractivity contribution is 5.95. The summed E-state index contributed by atoms with van der Waals surface area (Å²) in [7, 11) is 1.38. The highest BCUT2D eigenvalue weighted by Crippen LogP contribution is 2.42. The number of anilines is 1. The van der Waals surface area contributed by atoms with Crippen molar-refractivity contribution in [3.8, 4) is 0 Å². The molecule has 1 aliphatic heterocycles. The highest BCUT2D eigenvalue weighted by atomic mass is 16.5. The van der Waals surface area contributed by atoms with Crippen molar-refractivity contribution < 1.29 is 24.5 Å². The van der Waals surface area contributed by atoms with Crippen molar-refractivity contribution in [1.29, 1.82) is 0 Å². The lowest BCUT2D eigenvalue weighted by atomic mass is 9.85. The van der Waals surface area contributed by atoms with Crippen molar-refractivity contribution in [2.45, 2.75) is 63.6 Å². The van der Waals surface area contributed by atoms with E-state index in [0.717, 1.165) is 53.5 Å². The van der Waals surface area contributed by atoms with E-state index in [1.54, 1.807) is 4.90 Å². The summed E-state index contributed by atoms with van der Waals surface area (Å²) in [5.74, 6) is -0.676. The first-order valence-electron chi connectivity index (χ1n) is 12.3. The summed E-state index contributed by atoms with van der Waals surface area (Å²) in [6.45, 7) is 2.00. The number of hydrogen-bond acceptors (Lipinski definition) is 5. The van der Waals surface area contributed by atoms with E-state index in [0.29, 0.717) is 18.7 Å². The number of hydrogen-bond donors (Lipinski definition) is 2. The number of ether oxygens (including phenoxy) is 1. The second-order valence-electron chi connectivity index (χ2n) is 9.67. The highest BCUT2D eigenvalue weighted by Gasteiger charge is 2.35. The SMILES string of the molecule is COC(=O)N1c2ccc3c(nc([C@@H](O)c4ccccc4)n3C3CCC[C@H](C(=O)O)C3)c2CC[C@@H]1C. The van der Waals surface area contributed by atoms with Crippen LogP contribution in [0.25, 0.3) is 11.0 Å². The molecular weight excluding hydrogens is 446 g/mol. The van der Waals surface area contributed by atoms with Crippen LogP contribution in [-0.2, 0) is 16.0 Å². The van der Waals surface area contributed by atoms with E-state index < -0.39 is 24.1 Å². The van der Waals surface area contributed by atoms with Crippen LogP contribution in [0.4, 0.5) is 10.5 Å². The molecule has 8 nitrogen and oxygen atoms in total. The number of imidazole rings is 1. The third-order valence-electron chi connectivity index (χ3n) is 7.57. The molecule has 1 fully saturated rings. The predicted octanol–water partition coefficient (Wildman–Crippen LogP) is 4.84. The van der Waals surface area contributed by atoms with Gasteiger partial charge in [-0.15, -0.1) is 0 Å². The molecule has 2 aliphatic rings. The molecule has 1 aliphatic carbocycles. The van der Waals surface area contributed by atoms with Crippen LogP contribution in [0.15, 0.2) is 42.5 Å². The Bertz CT molecular complexity index is 1250. The molecule has 1 saturated carbocycles. The lowest BCUT2D eigenvalue weighted by Crippen LogP contribution is -2.42. The number of carboxylic acid groups (broad SMARTS) is 1. The standard InChI is InChI=1S/C27H31N3O5/c1-16-11-12-20-21(29(16)27(34)35-2)13-14-22-23(20)28-25(24(31)17-7-4-3-5-8-17)30(22)19-10-6-9-18(15-19)26(32)33/h3-5,7-8,13-14,16,18-19,24,31H,6,9-12,15H2,1-2H3,(H,32,33)/t16-,18-,19?,24-/m0/s1. The first-order chi connectivity index (χ1) is 16.9. The average Bonchev–Trinajstić information content (AvgIpc) is 3.28. The van der Waals surface area contributed by atoms with Crippen LogP contribution in [0.2, 0.25) is 0 Å². The minimum atomic E-state index is -0.955. The number of fused-ring (bicyclic) bond motifs is 3. The summed E-state index contributed by atoms with van der Waals surface area (Å²) < 4.78 is 7.11. The van der Waals surface area contributed by atoms with Gasteiger partial charge in [0.25, 0.3) is 0 Å². The largest absolute Gasteiger partial charge is 0.481 e. The van der Waals surface area contributed by atoms with Gasteiger partial charge in [0.05, 0.1) is 29.7 Å². The van der Waals surface area contributed by atoms with Gasteiger partial charge in [-0.25, -0.2) is 9.78 Å². The molecule has 5 rings (SSSR count). The predicted molar refractivity (Wildman–Crippen MR) is 132 cm³/mol. The lowest BCUT2D eigenvalue weighted by molar-refractivity contribution is -0.143. The fraction of sp³-hybridized carbons (Fsp3) is 0.444. The molecule has 1 unspecified atom stereocenters. The number of methoxy groups -OCH3 is 1. The zero-order valence-electron chi connectivity index (χ0n) is 20.1. The van der Waals surface area contributed by atoms with Crippen LogP contribution in [0.5, 0.6) is 0 Å². The molecular formula is C27H31N3O5. The number of aryl methyl sites for hydroxylation is 1. The number of benzene rings is 2. The summed E-state index contributed by atoms with van der Waals surface area (Å²) in [6, 6.07) is 13.2. The first kappa shape index (κ1) is 23.4. The van der Waals surface area contributed by atoms with E-state index in [2.05, 4.69) is 4.57 Å². The number of aliphatic carboxylic acids is 1. The van der Waals surface area contributed by atoms with Gasteiger partial charge in [0.1, 0.15) is 11.9 Å². The maximum atomic E-state index is 12.6. The number of carboxylic acids is 1. The van der Waals surface area contributed by atoms with Crippen molar-refractivity contribution in [1.82, 2.24) is 9.55 Å². The quantitative estimate of drug-likeness (QED) is 0.557. The Morgan fingerprint density at radius 3 is 2.60 bits per heavy atom. The van der Waals surface area contributed by atoms with E-state index in [1.165, 1.54) is 7.11 Å². The van der Waals surface area contributed by atoms with Gasteiger partial charge in [-0.05, 0) is 56.7 Å². The third-order valence-corrected chi connectivity index (χ3v) is 7.57. The molecule has 2 N–H and O–H groups in total. The summed E-state index contributed by atoms with van der Waals surface area (Å²) in [4.78, 5) is 31.0. The summed E-state index contributed by atoms with van der Waals surface area (Å²) in [5.41, 5.74) is 4.08. The number of nitrogens with zero attached hydrogens (tertiary/aromatic N) is 3. The van der Waals surface area contributed by atoms with E-state index in [4.69, 9.17) is 9.72 Å². The molecule has 0 radical (unpaired) electrons. The number of carbonyl (C=O) groups excluding carboxylic acids is 1. The fourth-order valence-corrected chi connectivity index (χ4v) is 5.78. The summed E-state index contributed by atoms with van der Waals surface area (Å²) in [5, 5.41) is 21.1. The Kier molecular flexibility index (Phi) is 6.23. The number of aliphatic hydroxyl groups excluding tert-OH is 1. The zero-order chi connectivity index (χ0) is 24.7. The van der Waals surface area contributed by atoms with E-state index in [9.17, 15) is 19.8 Å². The van der Waals surface area contributed by atoms with Gasteiger partial charge in [-0.2, -0.15) is 0 Å². The van der Waals surface area contributed by atoms with Crippen LogP contribution in [0, 0.1) is 5.92 Å². The van der Waals surface area contributed by atoms with Crippen molar-refractivity contribution >= 4 is 28.8 Å². The maximum Gasteiger partial charge on any atom is 0.414 e. The van der Waals surface area contributed by atoms with Crippen LogP contribution < -0.4 is 4.90 Å². The van der Waals surface area contributed by atoms with Crippen molar-refractivity contribution in [2.75, 3.05) is 12.0 Å². The maximum absolute atomic E-state index is 12.6. The normalized spacial score (nSPS) is 23.1. The minimum Gasteiger partial charge on any atom is -0.481 e. The summed E-state index contributed by atoms with van der Waals surface area (Å²) in [6.07, 6.45) is 2.96. The molecule has 184 valence electrons. The Hall–Kier alpha value is -3.39. The van der Waals surface area contributed by atoms with Crippen LogP contribution in [0.1, 0.15) is 68.1 Å².